The number of aliphatic hydroxyl groups is 1. The van der Waals surface area contributed by atoms with Crippen LogP contribution in [0.5, 0.6) is 5.75 Å². The van der Waals surface area contributed by atoms with E-state index in [9.17, 15) is 19.6 Å². The number of allylic oxidation sites excluding steroid dienone is 3. The highest BCUT2D eigenvalue weighted by Crippen LogP contribution is 2.36. The molecule has 2 rings (SSSR count). The van der Waals surface area contributed by atoms with Crippen molar-refractivity contribution in [2.45, 2.75) is 25.4 Å². The second kappa shape index (κ2) is 7.32. The second-order valence-corrected chi connectivity index (χ2v) is 7.13. The average molecular weight is 353 g/mol. The number of hydrogen-bond acceptors (Lipinski definition) is 4. The summed E-state index contributed by atoms with van der Waals surface area (Å²) in [5, 5.41) is 22.0. The van der Waals surface area contributed by atoms with Gasteiger partial charge in [0.05, 0.1) is 12.0 Å². The number of phenols is 1. The van der Waals surface area contributed by atoms with Gasteiger partial charge in [0.2, 0.25) is 0 Å². The molecular formula is C16H20NO6P. The first kappa shape index (κ1) is 18.4. The van der Waals surface area contributed by atoms with Gasteiger partial charge in [0, 0.05) is 5.70 Å². The number of aliphatic hydroxyl groups excluding tert-OH is 1. The zero-order valence-corrected chi connectivity index (χ0v) is 13.9. The van der Waals surface area contributed by atoms with Crippen molar-refractivity contribution in [1.29, 1.82) is 0 Å². The maximum absolute atomic E-state index is 12.1. The van der Waals surface area contributed by atoms with E-state index in [1.807, 2.05) is 12.0 Å². The van der Waals surface area contributed by atoms with Crippen LogP contribution in [-0.2, 0) is 9.36 Å². The smallest absolute Gasteiger partial charge is 0.427 e. The minimum absolute atomic E-state index is 0.00792. The fourth-order valence-electron chi connectivity index (χ4n) is 2.74. The molecule has 1 aliphatic rings. The van der Waals surface area contributed by atoms with E-state index in [0.717, 1.165) is 5.56 Å². The van der Waals surface area contributed by atoms with Gasteiger partial charge in [-0.25, -0.2) is 4.57 Å². The summed E-state index contributed by atoms with van der Waals surface area (Å²) in [6.45, 7) is 1.83. The number of phenolic OH excluding ortho intramolecular Hbond substituents is 1. The predicted octanol–water partition coefficient (Wildman–Crippen LogP) is 1.57. The summed E-state index contributed by atoms with van der Waals surface area (Å²) in [5.74, 6) is -1.55. The van der Waals surface area contributed by atoms with Gasteiger partial charge in [-0.15, -0.1) is 0 Å². The van der Waals surface area contributed by atoms with Crippen LogP contribution in [-0.4, -0.2) is 31.9 Å². The van der Waals surface area contributed by atoms with Crippen molar-refractivity contribution in [2.75, 3.05) is 0 Å². The number of hydrogen-bond donors (Lipinski definition) is 5. The van der Waals surface area contributed by atoms with Crippen LogP contribution < -0.4 is 5.09 Å². The Morgan fingerprint density at radius 3 is 2.67 bits per heavy atom. The highest BCUT2D eigenvalue weighted by Gasteiger charge is 2.34. The molecule has 0 radical (unpaired) electrons. The van der Waals surface area contributed by atoms with Gasteiger partial charge in [-0.2, -0.15) is 0 Å². The Hall–Kier alpha value is -1.92. The van der Waals surface area contributed by atoms with Crippen molar-refractivity contribution in [3.05, 3.63) is 53.8 Å². The molecule has 0 fully saturated rings. The van der Waals surface area contributed by atoms with Gasteiger partial charge < -0.3 is 20.0 Å². The summed E-state index contributed by atoms with van der Waals surface area (Å²) in [7, 11) is -4.59. The van der Waals surface area contributed by atoms with Crippen LogP contribution in [0, 0.1) is 5.92 Å². The number of carbonyl (C=O) groups is 1. The molecular weight excluding hydrogens is 333 g/mol. The number of aromatic hydroxyl groups is 1. The van der Waals surface area contributed by atoms with Gasteiger partial charge in [-0.1, -0.05) is 25.1 Å². The number of ketones is 1. The number of benzene rings is 1. The van der Waals surface area contributed by atoms with Crippen molar-refractivity contribution < 1.29 is 29.4 Å². The Balaban J connectivity index is 2.15. The normalized spacial score (nSPS) is 20.4. The minimum atomic E-state index is -4.59. The van der Waals surface area contributed by atoms with Crippen LogP contribution in [0.1, 0.15) is 24.8 Å². The zero-order valence-electron chi connectivity index (χ0n) is 13.0. The van der Waals surface area contributed by atoms with E-state index in [0.29, 0.717) is 0 Å². The van der Waals surface area contributed by atoms with Crippen LogP contribution >= 0.6 is 7.75 Å². The van der Waals surface area contributed by atoms with E-state index >= 15 is 0 Å². The summed E-state index contributed by atoms with van der Waals surface area (Å²) in [6, 6.07) is 6.59. The van der Waals surface area contributed by atoms with Gasteiger partial charge in [-0.05, 0) is 42.2 Å². The molecule has 0 heterocycles. The molecule has 0 amide bonds. The summed E-state index contributed by atoms with van der Waals surface area (Å²) >= 11 is 0. The fraction of sp³-hybridized carbons (Fsp3) is 0.312. The van der Waals surface area contributed by atoms with E-state index < -0.39 is 25.6 Å². The zero-order chi connectivity index (χ0) is 17.9. The van der Waals surface area contributed by atoms with Crippen molar-refractivity contribution in [3.63, 3.8) is 0 Å². The third-order valence-electron chi connectivity index (χ3n) is 3.87. The molecule has 0 saturated carbocycles. The van der Waals surface area contributed by atoms with Crippen LogP contribution in [0.2, 0.25) is 0 Å². The van der Waals surface area contributed by atoms with E-state index in [1.54, 1.807) is 18.2 Å². The lowest BCUT2D eigenvalue weighted by Gasteiger charge is -2.28. The van der Waals surface area contributed by atoms with Gasteiger partial charge >= 0.3 is 7.75 Å². The highest BCUT2D eigenvalue weighted by atomic mass is 31.2. The van der Waals surface area contributed by atoms with Crippen LogP contribution in [0.25, 0.3) is 0 Å². The summed E-state index contributed by atoms with van der Waals surface area (Å²) in [5.41, 5.74) is 0.785. The molecule has 1 aliphatic carbocycles. The Morgan fingerprint density at radius 2 is 2.04 bits per heavy atom. The molecule has 1 aromatic carbocycles. The molecule has 0 spiro atoms. The Bertz CT molecular complexity index is 723. The second-order valence-electron chi connectivity index (χ2n) is 5.82. The molecule has 3 unspecified atom stereocenters. The molecule has 0 bridgehead atoms. The first-order chi connectivity index (χ1) is 11.2. The first-order valence-electron chi connectivity index (χ1n) is 7.40. The SMILES string of the molecule is CC(CC(O)C1C(=O)C=CC=C1NP(=O)(O)O)c1cccc(O)c1. The van der Waals surface area contributed by atoms with Crippen LogP contribution in [0.4, 0.5) is 0 Å². The molecule has 1 aromatic rings. The van der Waals surface area contributed by atoms with Crippen molar-refractivity contribution in [3.8, 4) is 5.75 Å². The minimum Gasteiger partial charge on any atom is -0.508 e. The van der Waals surface area contributed by atoms with Crippen LogP contribution in [0.3, 0.4) is 0 Å². The Morgan fingerprint density at radius 1 is 1.33 bits per heavy atom. The van der Waals surface area contributed by atoms with Crippen molar-refractivity contribution in [2.24, 2.45) is 5.92 Å². The van der Waals surface area contributed by atoms with E-state index in [4.69, 9.17) is 9.79 Å². The Labute approximate surface area is 139 Å². The average Bonchev–Trinajstić information content (AvgIpc) is 2.45. The third kappa shape index (κ3) is 4.79. The maximum atomic E-state index is 12.1. The maximum Gasteiger partial charge on any atom is 0.427 e. The Kier molecular flexibility index (Phi) is 5.62. The molecule has 3 atom stereocenters. The molecule has 5 N–H and O–H groups in total. The molecule has 0 aliphatic heterocycles. The number of nitrogens with one attached hydrogen (secondary N) is 1. The summed E-state index contributed by atoms with van der Waals surface area (Å²) in [4.78, 5) is 30.2. The lowest BCUT2D eigenvalue weighted by atomic mass is 9.84. The molecule has 7 nitrogen and oxygen atoms in total. The monoisotopic (exact) mass is 353 g/mol. The van der Waals surface area contributed by atoms with E-state index in [-0.39, 0.29) is 23.8 Å². The largest absolute Gasteiger partial charge is 0.508 e. The fourth-order valence-corrected chi connectivity index (χ4v) is 3.29. The summed E-state index contributed by atoms with van der Waals surface area (Å²) < 4.78 is 11.2. The van der Waals surface area contributed by atoms with Gasteiger partial charge in [0.25, 0.3) is 0 Å². The molecule has 0 aromatic heterocycles. The quantitative estimate of drug-likeness (QED) is 0.491. The number of rotatable bonds is 6. The van der Waals surface area contributed by atoms with Crippen molar-refractivity contribution in [1.82, 2.24) is 5.09 Å². The highest BCUT2D eigenvalue weighted by molar-refractivity contribution is 7.49. The van der Waals surface area contributed by atoms with Gasteiger partial charge in [-0.3, -0.25) is 9.88 Å². The van der Waals surface area contributed by atoms with Crippen LogP contribution in [0.15, 0.2) is 48.2 Å². The molecule has 130 valence electrons. The van der Waals surface area contributed by atoms with E-state index in [2.05, 4.69) is 0 Å². The standard InChI is InChI=1S/C16H20NO6P/c1-10(11-4-2-5-12(18)9-11)8-15(20)16-13(17-24(21,22)23)6-3-7-14(16)19/h2-7,9-10,15-16,18,20H,8H2,1H3,(H3,17,21,22,23). The van der Waals surface area contributed by atoms with Gasteiger partial charge in [0.1, 0.15) is 5.75 Å². The predicted molar refractivity (Wildman–Crippen MR) is 88.0 cm³/mol. The molecule has 24 heavy (non-hydrogen) atoms. The number of carbonyl (C=O) groups excluding carboxylic acids is 1. The third-order valence-corrected chi connectivity index (χ3v) is 4.42. The molecule has 0 saturated heterocycles. The van der Waals surface area contributed by atoms with E-state index in [1.165, 1.54) is 24.3 Å². The van der Waals surface area contributed by atoms with Crippen molar-refractivity contribution >= 4 is 13.5 Å². The molecule has 8 heteroatoms. The van der Waals surface area contributed by atoms with Gasteiger partial charge in [0.15, 0.2) is 5.78 Å². The first-order valence-corrected chi connectivity index (χ1v) is 9.01. The summed E-state index contributed by atoms with van der Waals surface area (Å²) in [6.07, 6.45) is 3.06. The lowest BCUT2D eigenvalue weighted by molar-refractivity contribution is -0.120. The topological polar surface area (TPSA) is 127 Å². The lowest BCUT2D eigenvalue weighted by Crippen LogP contribution is -2.35.